The third-order valence-corrected chi connectivity index (χ3v) is 6.73. The molecule has 0 heterocycles. The second kappa shape index (κ2) is 10.4. The smallest absolute Gasteiger partial charge is 0.302 e. The summed E-state index contributed by atoms with van der Waals surface area (Å²) in [7, 11) is 0. The summed E-state index contributed by atoms with van der Waals surface area (Å²) in [6.07, 6.45) is 7.15. The molecule has 2 aliphatic carbocycles. The zero-order chi connectivity index (χ0) is 21.7. The minimum Gasteiger partial charge on any atom is -0.465 e. The van der Waals surface area contributed by atoms with Gasteiger partial charge in [-0.25, -0.2) is 0 Å². The molecule has 0 aromatic rings. The number of rotatable bonds is 7. The molecule has 0 saturated heterocycles. The fourth-order valence-electron chi connectivity index (χ4n) is 5.42. The van der Waals surface area contributed by atoms with Crippen LogP contribution in [0.25, 0.3) is 0 Å². The lowest BCUT2D eigenvalue weighted by atomic mass is 9.71. The standard InChI is InChI=1S/C24H38O5/c1-14(2)8-7-9-15(3)19-12-22(29-18(6)26)20(13-28-17(5)25)24(19)23-16(4)10-11-21(23)27/h8-9,16,19-24,27H,7,10-13H2,1-6H3/b15-9-/t16-,19+,20-,21+,22-,23-,24-/m1/s1. The molecule has 2 aliphatic rings. The maximum Gasteiger partial charge on any atom is 0.302 e. The van der Waals surface area contributed by atoms with Gasteiger partial charge in [0.25, 0.3) is 0 Å². The van der Waals surface area contributed by atoms with Crippen molar-refractivity contribution in [2.45, 2.75) is 79.4 Å². The van der Waals surface area contributed by atoms with Gasteiger partial charge in [0.2, 0.25) is 0 Å². The number of hydrogen-bond acceptors (Lipinski definition) is 5. The highest BCUT2D eigenvalue weighted by Crippen LogP contribution is 2.52. The minimum atomic E-state index is -0.362. The number of aliphatic hydroxyl groups excluding tert-OH is 1. The van der Waals surface area contributed by atoms with Gasteiger partial charge in [0.05, 0.1) is 12.7 Å². The van der Waals surface area contributed by atoms with E-state index in [1.54, 1.807) is 0 Å². The van der Waals surface area contributed by atoms with Gasteiger partial charge < -0.3 is 14.6 Å². The molecule has 29 heavy (non-hydrogen) atoms. The number of aliphatic hydroxyl groups is 1. The highest BCUT2D eigenvalue weighted by Gasteiger charge is 2.53. The summed E-state index contributed by atoms with van der Waals surface area (Å²) >= 11 is 0. The summed E-state index contributed by atoms with van der Waals surface area (Å²) in [5.41, 5.74) is 2.55. The Kier molecular flexibility index (Phi) is 8.50. The molecule has 0 aromatic carbocycles. The first-order valence-corrected chi connectivity index (χ1v) is 10.9. The molecule has 1 N–H and O–H groups in total. The third-order valence-electron chi connectivity index (χ3n) is 6.73. The molecule has 0 radical (unpaired) electrons. The van der Waals surface area contributed by atoms with E-state index in [0.717, 1.165) is 19.3 Å². The SMILES string of the molecule is CC(=O)OC[C@H]1[C@H]([C@@H]2[C@H](C)CC[C@@H]2O)[C@H](/C(C)=C\CC=C(C)C)C[C@H]1OC(C)=O. The van der Waals surface area contributed by atoms with Gasteiger partial charge in [0.15, 0.2) is 0 Å². The quantitative estimate of drug-likeness (QED) is 0.500. The molecular weight excluding hydrogens is 368 g/mol. The summed E-state index contributed by atoms with van der Waals surface area (Å²) in [5.74, 6) is 0.0876. The van der Waals surface area contributed by atoms with Crippen LogP contribution in [0, 0.1) is 29.6 Å². The highest BCUT2D eigenvalue weighted by molar-refractivity contribution is 5.66. The molecule has 2 saturated carbocycles. The monoisotopic (exact) mass is 406 g/mol. The Balaban J connectivity index is 2.38. The molecule has 0 amide bonds. The molecule has 0 bridgehead atoms. The van der Waals surface area contributed by atoms with E-state index in [1.807, 2.05) is 0 Å². The van der Waals surface area contributed by atoms with Crippen molar-refractivity contribution in [1.82, 2.24) is 0 Å². The number of ether oxygens (including phenoxy) is 2. The molecule has 7 atom stereocenters. The second-order valence-corrected chi connectivity index (χ2v) is 9.20. The molecule has 5 heteroatoms. The van der Waals surface area contributed by atoms with Crippen molar-refractivity contribution in [1.29, 1.82) is 0 Å². The Morgan fingerprint density at radius 1 is 1.00 bits per heavy atom. The number of esters is 2. The predicted molar refractivity (Wildman–Crippen MR) is 113 cm³/mol. The van der Waals surface area contributed by atoms with Crippen molar-refractivity contribution in [3.8, 4) is 0 Å². The molecule has 164 valence electrons. The lowest BCUT2D eigenvalue weighted by molar-refractivity contribution is -0.152. The van der Waals surface area contributed by atoms with Gasteiger partial charge in [-0.3, -0.25) is 9.59 Å². The lowest BCUT2D eigenvalue weighted by Gasteiger charge is -2.35. The van der Waals surface area contributed by atoms with E-state index in [0.29, 0.717) is 12.3 Å². The van der Waals surface area contributed by atoms with Gasteiger partial charge >= 0.3 is 11.9 Å². The van der Waals surface area contributed by atoms with Crippen LogP contribution in [0.3, 0.4) is 0 Å². The third kappa shape index (κ3) is 6.18. The van der Waals surface area contributed by atoms with Crippen LogP contribution < -0.4 is 0 Å². The lowest BCUT2D eigenvalue weighted by Crippen LogP contribution is -2.38. The number of carbonyl (C=O) groups excluding carboxylic acids is 2. The van der Waals surface area contributed by atoms with Crippen LogP contribution in [0.15, 0.2) is 23.3 Å². The molecular formula is C24H38O5. The van der Waals surface area contributed by atoms with Crippen molar-refractivity contribution in [3.63, 3.8) is 0 Å². The summed E-state index contributed by atoms with van der Waals surface area (Å²) in [6, 6.07) is 0. The predicted octanol–water partition coefficient (Wildman–Crippen LogP) is 4.44. The summed E-state index contributed by atoms with van der Waals surface area (Å²) in [4.78, 5) is 23.3. The van der Waals surface area contributed by atoms with Gasteiger partial charge in [0, 0.05) is 19.8 Å². The Morgan fingerprint density at radius 2 is 1.69 bits per heavy atom. The van der Waals surface area contributed by atoms with E-state index in [2.05, 4.69) is 39.8 Å². The van der Waals surface area contributed by atoms with Gasteiger partial charge in [-0.15, -0.1) is 0 Å². The zero-order valence-corrected chi connectivity index (χ0v) is 18.8. The Hall–Kier alpha value is -1.62. The van der Waals surface area contributed by atoms with E-state index < -0.39 is 0 Å². The molecule has 0 aliphatic heterocycles. The van der Waals surface area contributed by atoms with Crippen LogP contribution >= 0.6 is 0 Å². The summed E-state index contributed by atoms with van der Waals surface area (Å²) < 4.78 is 11.1. The van der Waals surface area contributed by atoms with Crippen LogP contribution in [0.1, 0.15) is 67.2 Å². The van der Waals surface area contributed by atoms with E-state index in [9.17, 15) is 14.7 Å². The molecule has 5 nitrogen and oxygen atoms in total. The molecule has 0 spiro atoms. The largest absolute Gasteiger partial charge is 0.465 e. The van der Waals surface area contributed by atoms with Crippen molar-refractivity contribution < 1.29 is 24.2 Å². The van der Waals surface area contributed by atoms with E-state index in [1.165, 1.54) is 25.0 Å². The maximum atomic E-state index is 11.8. The van der Waals surface area contributed by atoms with E-state index >= 15 is 0 Å². The average molecular weight is 407 g/mol. The topological polar surface area (TPSA) is 72.8 Å². The van der Waals surface area contributed by atoms with Gasteiger partial charge in [-0.05, 0) is 70.1 Å². The van der Waals surface area contributed by atoms with E-state index in [4.69, 9.17) is 9.47 Å². The number of carbonyl (C=O) groups is 2. The Morgan fingerprint density at radius 3 is 2.21 bits per heavy atom. The fraction of sp³-hybridized carbons (Fsp3) is 0.750. The molecule has 0 unspecified atom stereocenters. The van der Waals surface area contributed by atoms with Crippen LogP contribution in [0.2, 0.25) is 0 Å². The Bertz CT molecular complexity index is 636. The number of hydrogen-bond donors (Lipinski definition) is 1. The second-order valence-electron chi connectivity index (χ2n) is 9.20. The average Bonchev–Trinajstić information content (AvgIpc) is 3.11. The van der Waals surface area contributed by atoms with Crippen molar-refractivity contribution >= 4 is 11.9 Å². The first kappa shape index (κ1) is 23.7. The van der Waals surface area contributed by atoms with Crippen LogP contribution in [-0.2, 0) is 19.1 Å². The van der Waals surface area contributed by atoms with Crippen LogP contribution in [0.5, 0.6) is 0 Å². The van der Waals surface area contributed by atoms with Gasteiger partial charge in [-0.1, -0.05) is 30.2 Å². The van der Waals surface area contributed by atoms with E-state index in [-0.39, 0.29) is 54.4 Å². The van der Waals surface area contributed by atoms with Gasteiger partial charge in [0.1, 0.15) is 6.10 Å². The van der Waals surface area contributed by atoms with Crippen molar-refractivity contribution in [3.05, 3.63) is 23.3 Å². The zero-order valence-electron chi connectivity index (χ0n) is 18.8. The van der Waals surface area contributed by atoms with Crippen molar-refractivity contribution in [2.75, 3.05) is 6.61 Å². The first-order valence-electron chi connectivity index (χ1n) is 10.9. The molecule has 2 fully saturated rings. The normalized spacial score (nSPS) is 34.7. The Labute approximate surface area is 175 Å². The van der Waals surface area contributed by atoms with Gasteiger partial charge in [-0.2, -0.15) is 0 Å². The first-order chi connectivity index (χ1) is 13.6. The number of allylic oxidation sites excluding steroid dienone is 4. The highest BCUT2D eigenvalue weighted by atomic mass is 16.6. The van der Waals surface area contributed by atoms with Crippen molar-refractivity contribution in [2.24, 2.45) is 29.6 Å². The minimum absolute atomic E-state index is 0.0974. The summed E-state index contributed by atoms with van der Waals surface area (Å²) in [5, 5.41) is 10.8. The van der Waals surface area contributed by atoms with Crippen LogP contribution in [-0.4, -0.2) is 35.9 Å². The maximum absolute atomic E-state index is 11.8. The summed E-state index contributed by atoms with van der Waals surface area (Å²) in [6.45, 7) is 11.6. The molecule has 0 aromatic heterocycles. The molecule has 2 rings (SSSR count). The van der Waals surface area contributed by atoms with Crippen LogP contribution in [0.4, 0.5) is 0 Å². The fourth-order valence-corrected chi connectivity index (χ4v) is 5.42.